The van der Waals surface area contributed by atoms with Crippen molar-refractivity contribution in [1.29, 1.82) is 0 Å². The number of thioether (sulfide) groups is 1. The van der Waals surface area contributed by atoms with Crippen molar-refractivity contribution >= 4 is 45.5 Å². The van der Waals surface area contributed by atoms with Gasteiger partial charge in [0.2, 0.25) is 11.0 Å². The number of carbonyl (C=O) groups excluding carboxylic acids is 1. The number of hydrogen-bond donors (Lipinski definition) is 2. The van der Waals surface area contributed by atoms with Crippen LogP contribution in [0.3, 0.4) is 0 Å². The normalized spacial score (nSPS) is 10.4. The minimum absolute atomic E-state index is 0.0641. The van der Waals surface area contributed by atoms with E-state index in [0.717, 1.165) is 27.9 Å². The Morgan fingerprint density at radius 2 is 1.96 bits per heavy atom. The molecule has 2 aromatic carbocycles. The lowest BCUT2D eigenvalue weighted by Gasteiger charge is -2.05. The van der Waals surface area contributed by atoms with Crippen LogP contribution >= 0.6 is 23.1 Å². The minimum atomic E-state index is -0.0641. The molecule has 8 heteroatoms. The summed E-state index contributed by atoms with van der Waals surface area (Å²) in [6.07, 6.45) is 0.937. The largest absolute Gasteiger partial charge is 0.497 e. The van der Waals surface area contributed by atoms with E-state index >= 15 is 0 Å². The number of anilines is 3. The lowest BCUT2D eigenvalue weighted by Crippen LogP contribution is -2.14. The van der Waals surface area contributed by atoms with E-state index in [4.69, 9.17) is 4.74 Å². The van der Waals surface area contributed by atoms with Crippen LogP contribution in [0.1, 0.15) is 12.5 Å². The van der Waals surface area contributed by atoms with E-state index < -0.39 is 0 Å². The van der Waals surface area contributed by atoms with Gasteiger partial charge in [-0.25, -0.2) is 0 Å². The van der Waals surface area contributed by atoms with Crippen LogP contribution in [0.5, 0.6) is 5.75 Å². The highest BCUT2D eigenvalue weighted by molar-refractivity contribution is 8.01. The smallest absolute Gasteiger partial charge is 0.234 e. The Morgan fingerprint density at radius 1 is 1.15 bits per heavy atom. The first-order chi connectivity index (χ1) is 13.2. The minimum Gasteiger partial charge on any atom is -0.497 e. The monoisotopic (exact) mass is 400 g/mol. The number of carbonyl (C=O) groups is 1. The zero-order valence-electron chi connectivity index (χ0n) is 15.1. The fraction of sp³-hybridized carbons (Fsp3) is 0.211. The SMILES string of the molecule is CCc1cccc(NC(=O)CSc2nnc(Nc3cccc(OC)c3)s2)c1. The lowest BCUT2D eigenvalue weighted by molar-refractivity contribution is -0.113. The van der Waals surface area contributed by atoms with Gasteiger partial charge in [-0.3, -0.25) is 4.79 Å². The first kappa shape index (κ1) is 19.2. The molecule has 2 N–H and O–H groups in total. The molecule has 0 fully saturated rings. The number of aryl methyl sites for hydroxylation is 1. The second kappa shape index (κ2) is 9.38. The maximum atomic E-state index is 12.1. The number of nitrogens with zero attached hydrogens (tertiary/aromatic N) is 2. The van der Waals surface area contributed by atoms with E-state index in [9.17, 15) is 4.79 Å². The molecule has 0 spiro atoms. The van der Waals surface area contributed by atoms with Gasteiger partial charge in [0.15, 0.2) is 4.34 Å². The Labute approximate surface area is 166 Å². The van der Waals surface area contributed by atoms with Gasteiger partial charge in [-0.1, -0.05) is 48.2 Å². The molecule has 6 nitrogen and oxygen atoms in total. The molecule has 27 heavy (non-hydrogen) atoms. The Hall–Kier alpha value is -2.58. The highest BCUT2D eigenvalue weighted by Crippen LogP contribution is 2.28. The molecule has 1 aromatic heterocycles. The number of rotatable bonds is 8. The Balaban J connectivity index is 1.52. The van der Waals surface area contributed by atoms with Gasteiger partial charge in [-0.15, -0.1) is 10.2 Å². The average molecular weight is 401 g/mol. The fourth-order valence-electron chi connectivity index (χ4n) is 2.34. The van der Waals surface area contributed by atoms with Crippen LogP contribution in [0.25, 0.3) is 0 Å². The van der Waals surface area contributed by atoms with Crippen LogP contribution in [0, 0.1) is 0 Å². The Kier molecular flexibility index (Phi) is 6.67. The summed E-state index contributed by atoms with van der Waals surface area (Å²) in [7, 11) is 1.63. The summed E-state index contributed by atoms with van der Waals surface area (Å²) in [5, 5.41) is 15.0. The number of aromatic nitrogens is 2. The second-order valence-electron chi connectivity index (χ2n) is 5.62. The lowest BCUT2D eigenvalue weighted by atomic mass is 10.1. The molecule has 3 aromatic rings. The first-order valence-corrected chi connectivity index (χ1v) is 10.2. The van der Waals surface area contributed by atoms with Crippen molar-refractivity contribution in [2.75, 3.05) is 23.5 Å². The third-order valence-corrected chi connectivity index (χ3v) is 5.65. The molecule has 3 rings (SSSR count). The molecule has 0 aliphatic heterocycles. The number of benzene rings is 2. The Bertz CT molecular complexity index is 914. The zero-order valence-corrected chi connectivity index (χ0v) is 16.7. The van der Waals surface area contributed by atoms with E-state index in [0.29, 0.717) is 5.13 Å². The maximum absolute atomic E-state index is 12.1. The van der Waals surface area contributed by atoms with Crippen LogP contribution in [-0.4, -0.2) is 29.0 Å². The summed E-state index contributed by atoms with van der Waals surface area (Å²) in [6.45, 7) is 2.09. The van der Waals surface area contributed by atoms with Crippen molar-refractivity contribution in [3.05, 3.63) is 54.1 Å². The van der Waals surface area contributed by atoms with E-state index in [1.54, 1.807) is 7.11 Å². The third-order valence-electron chi connectivity index (χ3n) is 3.67. The molecule has 0 bridgehead atoms. The number of amides is 1. The van der Waals surface area contributed by atoms with Crippen LogP contribution in [-0.2, 0) is 11.2 Å². The van der Waals surface area contributed by atoms with Gasteiger partial charge in [0.25, 0.3) is 0 Å². The van der Waals surface area contributed by atoms with Gasteiger partial charge in [-0.05, 0) is 36.2 Å². The van der Waals surface area contributed by atoms with E-state index in [2.05, 4.69) is 27.8 Å². The van der Waals surface area contributed by atoms with Crippen molar-refractivity contribution in [2.24, 2.45) is 0 Å². The molecule has 0 radical (unpaired) electrons. The zero-order chi connectivity index (χ0) is 19.1. The van der Waals surface area contributed by atoms with E-state index in [-0.39, 0.29) is 11.7 Å². The topological polar surface area (TPSA) is 76.1 Å². The van der Waals surface area contributed by atoms with Gasteiger partial charge in [0.05, 0.1) is 12.9 Å². The standard InChI is InChI=1S/C19H20N4O2S2/c1-3-13-6-4-7-14(10-13)20-17(24)12-26-19-23-22-18(27-19)21-15-8-5-9-16(11-15)25-2/h4-11H,3,12H2,1-2H3,(H,20,24)(H,21,22). The predicted octanol–water partition coefficient (Wildman–Crippen LogP) is 4.58. The highest BCUT2D eigenvalue weighted by atomic mass is 32.2. The summed E-state index contributed by atoms with van der Waals surface area (Å²) in [6, 6.07) is 15.5. The van der Waals surface area contributed by atoms with Crippen molar-refractivity contribution < 1.29 is 9.53 Å². The van der Waals surface area contributed by atoms with Crippen LogP contribution < -0.4 is 15.4 Å². The Morgan fingerprint density at radius 3 is 2.78 bits per heavy atom. The number of ether oxygens (including phenoxy) is 1. The van der Waals surface area contributed by atoms with Gasteiger partial charge < -0.3 is 15.4 Å². The van der Waals surface area contributed by atoms with Gasteiger partial charge in [-0.2, -0.15) is 0 Å². The third kappa shape index (κ3) is 5.70. The van der Waals surface area contributed by atoms with Crippen LogP contribution in [0.2, 0.25) is 0 Å². The molecule has 0 aliphatic rings. The molecule has 0 saturated carbocycles. The van der Waals surface area contributed by atoms with Crippen molar-refractivity contribution in [2.45, 2.75) is 17.7 Å². The molecule has 0 atom stereocenters. The van der Waals surface area contributed by atoms with E-state index in [1.165, 1.54) is 28.7 Å². The summed E-state index contributed by atoms with van der Waals surface area (Å²) in [5.41, 5.74) is 2.88. The first-order valence-electron chi connectivity index (χ1n) is 8.42. The summed E-state index contributed by atoms with van der Waals surface area (Å²) in [4.78, 5) is 12.1. The molecule has 140 valence electrons. The summed E-state index contributed by atoms with van der Waals surface area (Å²) < 4.78 is 5.94. The van der Waals surface area contributed by atoms with Crippen LogP contribution in [0.15, 0.2) is 52.9 Å². The van der Waals surface area contributed by atoms with E-state index in [1.807, 2.05) is 48.5 Å². The summed E-state index contributed by atoms with van der Waals surface area (Å²) >= 11 is 2.77. The van der Waals surface area contributed by atoms with Crippen LogP contribution in [0.4, 0.5) is 16.5 Å². The second-order valence-corrected chi connectivity index (χ2v) is 7.82. The number of hydrogen-bond acceptors (Lipinski definition) is 7. The molecule has 1 amide bonds. The molecule has 1 heterocycles. The molecule has 0 aliphatic carbocycles. The highest BCUT2D eigenvalue weighted by Gasteiger charge is 2.09. The van der Waals surface area contributed by atoms with Gasteiger partial charge in [0, 0.05) is 17.4 Å². The maximum Gasteiger partial charge on any atom is 0.234 e. The molecular formula is C19H20N4O2S2. The van der Waals surface area contributed by atoms with Gasteiger partial charge >= 0.3 is 0 Å². The van der Waals surface area contributed by atoms with Crippen molar-refractivity contribution in [3.8, 4) is 5.75 Å². The number of methoxy groups -OCH3 is 1. The molecular weight excluding hydrogens is 380 g/mol. The van der Waals surface area contributed by atoms with Crippen molar-refractivity contribution in [1.82, 2.24) is 10.2 Å². The molecule has 0 unspecified atom stereocenters. The summed E-state index contributed by atoms with van der Waals surface area (Å²) in [5.74, 6) is 0.984. The molecule has 0 saturated heterocycles. The van der Waals surface area contributed by atoms with Crippen molar-refractivity contribution in [3.63, 3.8) is 0 Å². The van der Waals surface area contributed by atoms with Gasteiger partial charge in [0.1, 0.15) is 5.75 Å². The fourth-order valence-corrected chi connectivity index (χ4v) is 3.91. The predicted molar refractivity (Wildman–Crippen MR) is 111 cm³/mol. The number of nitrogens with one attached hydrogen (secondary N) is 2. The average Bonchev–Trinajstić information content (AvgIpc) is 3.14. The quantitative estimate of drug-likeness (QED) is 0.539.